The molecule has 12 rings (SSSR count). The minimum absolute atomic E-state index is 0.903. The van der Waals surface area contributed by atoms with E-state index in [1.54, 1.807) is 0 Å². The Labute approximate surface area is 330 Å². The average molecular weight is 729 g/mol. The van der Waals surface area contributed by atoms with Crippen LogP contribution in [0.4, 0.5) is 0 Å². The van der Waals surface area contributed by atoms with Crippen LogP contribution in [0.15, 0.2) is 199 Å². The van der Waals surface area contributed by atoms with Crippen molar-refractivity contribution in [2.24, 2.45) is 0 Å². The normalized spacial score (nSPS) is 12.9. The van der Waals surface area contributed by atoms with Crippen LogP contribution in [0.3, 0.4) is 0 Å². The van der Waals surface area contributed by atoms with E-state index in [1.807, 2.05) is 0 Å². The number of fused-ring (bicyclic) bond motifs is 9. The van der Waals surface area contributed by atoms with Crippen molar-refractivity contribution in [1.29, 1.82) is 0 Å². The number of aryl methyl sites for hydroxylation is 1. The first kappa shape index (κ1) is 31.9. The van der Waals surface area contributed by atoms with Gasteiger partial charge in [-0.2, -0.15) is 0 Å². The van der Waals surface area contributed by atoms with Crippen LogP contribution in [0.2, 0.25) is 0 Å². The van der Waals surface area contributed by atoms with E-state index in [2.05, 4.69) is 203 Å². The quantitative estimate of drug-likeness (QED) is 0.173. The third-order valence-electron chi connectivity index (χ3n) is 12.0. The number of aromatic nitrogens is 2. The molecule has 1 aliphatic rings. The van der Waals surface area contributed by atoms with Gasteiger partial charge < -0.3 is 13.6 Å². The van der Waals surface area contributed by atoms with Crippen molar-refractivity contribution in [3.05, 3.63) is 211 Å². The average Bonchev–Trinajstić information content (AvgIpc) is 3.94. The van der Waals surface area contributed by atoms with E-state index in [0.717, 1.165) is 41.1 Å². The zero-order valence-corrected chi connectivity index (χ0v) is 31.2. The standard InChI is InChI=1S/C54H36N2O/c1-3-13-35(14-4-1)36-25-29-40(30-26-36)55-47-21-9-7-17-42(47)45-33-38(27-31-49(45)55)39-28-32-50-46(34-39)43-18-8-10-22-48(43)56(50)51-23-11-20-44-53-41(37-15-5-2-6-16-37)19-12-24-52(53)57-54(44)51/h1-11,13-23,25-34H,12,24H2. The fraction of sp³-hybridized carbons (Fsp3) is 0.0370. The van der Waals surface area contributed by atoms with Crippen LogP contribution in [0.25, 0.3) is 93.8 Å². The highest BCUT2D eigenvalue weighted by Gasteiger charge is 2.25. The van der Waals surface area contributed by atoms with E-state index in [0.29, 0.717) is 0 Å². The topological polar surface area (TPSA) is 23.0 Å². The van der Waals surface area contributed by atoms with Crippen molar-refractivity contribution in [3.63, 3.8) is 0 Å². The number of furan rings is 1. The number of hydrogen-bond donors (Lipinski definition) is 0. The number of nitrogens with zero attached hydrogens (tertiary/aromatic N) is 2. The molecule has 0 N–H and O–H groups in total. The van der Waals surface area contributed by atoms with Crippen molar-refractivity contribution in [2.75, 3.05) is 0 Å². The summed E-state index contributed by atoms with van der Waals surface area (Å²) in [6.45, 7) is 0. The molecule has 0 radical (unpaired) electrons. The lowest BCUT2D eigenvalue weighted by atomic mass is 9.89. The van der Waals surface area contributed by atoms with Crippen molar-refractivity contribution in [3.8, 4) is 33.6 Å². The monoisotopic (exact) mass is 728 g/mol. The third kappa shape index (κ3) is 4.92. The summed E-state index contributed by atoms with van der Waals surface area (Å²) in [7, 11) is 0. The van der Waals surface area contributed by atoms with Crippen molar-refractivity contribution in [1.82, 2.24) is 9.13 Å². The first-order valence-electron chi connectivity index (χ1n) is 19.8. The Morgan fingerprint density at radius 1 is 0.386 bits per heavy atom. The first-order valence-corrected chi connectivity index (χ1v) is 19.8. The molecule has 0 unspecified atom stereocenters. The molecule has 8 aromatic carbocycles. The van der Waals surface area contributed by atoms with Gasteiger partial charge in [0, 0.05) is 44.6 Å². The Morgan fingerprint density at radius 3 is 1.60 bits per heavy atom. The molecule has 11 aromatic rings. The van der Waals surface area contributed by atoms with Gasteiger partial charge in [-0.1, -0.05) is 140 Å². The van der Waals surface area contributed by atoms with Gasteiger partial charge in [0.1, 0.15) is 5.76 Å². The Morgan fingerprint density at radius 2 is 0.912 bits per heavy atom. The van der Waals surface area contributed by atoms with Crippen LogP contribution in [-0.4, -0.2) is 9.13 Å². The van der Waals surface area contributed by atoms with Gasteiger partial charge >= 0.3 is 0 Å². The van der Waals surface area contributed by atoms with Crippen molar-refractivity contribution in [2.45, 2.75) is 12.8 Å². The summed E-state index contributed by atoms with van der Waals surface area (Å²) in [5, 5.41) is 6.11. The summed E-state index contributed by atoms with van der Waals surface area (Å²) >= 11 is 0. The Kier molecular flexibility index (Phi) is 7.05. The molecule has 268 valence electrons. The Balaban J connectivity index is 0.994. The maximum atomic E-state index is 6.86. The maximum Gasteiger partial charge on any atom is 0.158 e. The zero-order valence-electron chi connectivity index (χ0n) is 31.2. The molecule has 57 heavy (non-hydrogen) atoms. The van der Waals surface area contributed by atoms with Crippen LogP contribution >= 0.6 is 0 Å². The predicted molar refractivity (Wildman–Crippen MR) is 238 cm³/mol. The molecule has 3 aromatic heterocycles. The number of rotatable bonds is 5. The van der Waals surface area contributed by atoms with Crippen LogP contribution in [0.1, 0.15) is 23.3 Å². The molecule has 3 nitrogen and oxygen atoms in total. The van der Waals surface area contributed by atoms with Gasteiger partial charge in [-0.05, 0) is 94.4 Å². The van der Waals surface area contributed by atoms with E-state index in [-0.39, 0.29) is 0 Å². The van der Waals surface area contributed by atoms with Gasteiger partial charge in [-0.25, -0.2) is 0 Å². The Hall–Kier alpha value is -7.36. The van der Waals surface area contributed by atoms with E-state index >= 15 is 0 Å². The minimum atomic E-state index is 0.903. The van der Waals surface area contributed by atoms with E-state index in [1.165, 1.54) is 82.4 Å². The van der Waals surface area contributed by atoms with E-state index in [4.69, 9.17) is 4.42 Å². The van der Waals surface area contributed by atoms with Gasteiger partial charge in [-0.15, -0.1) is 0 Å². The van der Waals surface area contributed by atoms with E-state index < -0.39 is 0 Å². The summed E-state index contributed by atoms with van der Waals surface area (Å²) in [6, 6.07) is 68.3. The molecule has 0 aliphatic heterocycles. The highest BCUT2D eigenvalue weighted by molar-refractivity contribution is 6.13. The van der Waals surface area contributed by atoms with E-state index in [9.17, 15) is 0 Å². The van der Waals surface area contributed by atoms with Crippen LogP contribution < -0.4 is 0 Å². The summed E-state index contributed by atoms with van der Waals surface area (Å²) < 4.78 is 11.7. The second kappa shape index (κ2) is 12.6. The smallest absolute Gasteiger partial charge is 0.158 e. The third-order valence-corrected chi connectivity index (χ3v) is 12.0. The second-order valence-corrected chi connectivity index (χ2v) is 15.2. The molecule has 0 amide bonds. The maximum absolute atomic E-state index is 6.86. The molecule has 3 heteroatoms. The molecule has 3 heterocycles. The summed E-state index contributed by atoms with van der Waals surface area (Å²) in [4.78, 5) is 0. The zero-order chi connectivity index (χ0) is 37.5. The van der Waals surface area contributed by atoms with Gasteiger partial charge in [-0.3, -0.25) is 0 Å². The largest absolute Gasteiger partial charge is 0.458 e. The van der Waals surface area contributed by atoms with Gasteiger partial charge in [0.05, 0.1) is 27.8 Å². The number of hydrogen-bond acceptors (Lipinski definition) is 1. The molecular formula is C54H36N2O. The highest BCUT2D eigenvalue weighted by Crippen LogP contribution is 2.44. The molecular weight excluding hydrogens is 693 g/mol. The van der Waals surface area contributed by atoms with Crippen molar-refractivity contribution < 1.29 is 4.42 Å². The fourth-order valence-corrected chi connectivity index (χ4v) is 9.41. The van der Waals surface area contributed by atoms with Gasteiger partial charge in [0.15, 0.2) is 5.58 Å². The van der Waals surface area contributed by atoms with Crippen molar-refractivity contribution >= 4 is 60.2 Å². The van der Waals surface area contributed by atoms with Gasteiger partial charge in [0.2, 0.25) is 0 Å². The fourth-order valence-electron chi connectivity index (χ4n) is 9.41. The number of benzene rings is 8. The summed E-state index contributed by atoms with van der Waals surface area (Å²) in [5.41, 5.74) is 16.5. The molecule has 0 spiro atoms. The minimum Gasteiger partial charge on any atom is -0.458 e. The SMILES string of the molecule is C1=C(c2ccccc2)c2c(oc3c(-n4c5ccccc5c5cc(-c6ccc7c(c6)c6ccccc6n7-c6ccc(-c7ccccc7)cc6)ccc54)cccc23)CC1. The molecule has 1 aliphatic carbocycles. The lowest BCUT2D eigenvalue weighted by molar-refractivity contribution is 0.544. The van der Waals surface area contributed by atoms with Crippen LogP contribution in [0, 0.1) is 0 Å². The highest BCUT2D eigenvalue weighted by atomic mass is 16.3. The summed E-state index contributed by atoms with van der Waals surface area (Å²) in [5.74, 6) is 1.07. The summed E-state index contributed by atoms with van der Waals surface area (Å²) in [6.07, 6.45) is 4.25. The van der Waals surface area contributed by atoms with Gasteiger partial charge in [0.25, 0.3) is 0 Å². The number of para-hydroxylation sites is 3. The Bertz CT molecular complexity index is 3380. The lowest BCUT2D eigenvalue weighted by Gasteiger charge is -2.13. The molecule has 0 atom stereocenters. The predicted octanol–water partition coefficient (Wildman–Crippen LogP) is 14.3. The van der Waals surface area contributed by atoms with Crippen LogP contribution in [0.5, 0.6) is 0 Å². The second-order valence-electron chi connectivity index (χ2n) is 15.2. The molecule has 0 bridgehead atoms. The molecule has 0 fully saturated rings. The number of allylic oxidation sites excluding steroid dienone is 1. The lowest BCUT2D eigenvalue weighted by Crippen LogP contribution is -1.98. The molecule has 0 saturated heterocycles. The van der Waals surface area contributed by atoms with Crippen LogP contribution in [-0.2, 0) is 6.42 Å². The first-order chi connectivity index (χ1) is 28.3. The molecule has 0 saturated carbocycles.